The molecule has 3 heteroatoms. The van der Waals surface area contributed by atoms with Crippen molar-refractivity contribution in [3.8, 4) is 0 Å². The van der Waals surface area contributed by atoms with Gasteiger partial charge in [0.15, 0.2) is 12.3 Å². The highest BCUT2D eigenvalue weighted by Crippen LogP contribution is 2.48. The van der Waals surface area contributed by atoms with E-state index in [-0.39, 0.29) is 17.4 Å². The second-order valence-electron chi connectivity index (χ2n) is 10.7. The van der Waals surface area contributed by atoms with Crippen molar-refractivity contribution in [2.45, 2.75) is 64.8 Å². The lowest BCUT2D eigenvalue weighted by molar-refractivity contribution is -0.438. The predicted molar refractivity (Wildman–Crippen MR) is 144 cm³/mol. The average molecular weight is 456 g/mol. The number of nitrogens with zero attached hydrogens (tertiary/aromatic N) is 2. The van der Waals surface area contributed by atoms with Crippen molar-refractivity contribution in [1.29, 1.82) is 0 Å². The van der Waals surface area contributed by atoms with E-state index in [4.69, 9.17) is 0 Å². The van der Waals surface area contributed by atoms with Crippen molar-refractivity contribution in [3.05, 3.63) is 95.7 Å². The predicted octanol–water partition coefficient (Wildman–Crippen LogP) is 6.65. The van der Waals surface area contributed by atoms with E-state index < -0.39 is 0 Å². The molecule has 0 fully saturated rings. The van der Waals surface area contributed by atoms with Crippen molar-refractivity contribution < 1.29 is 9.68 Å². The van der Waals surface area contributed by atoms with E-state index in [1.165, 1.54) is 33.9 Å². The van der Waals surface area contributed by atoms with Crippen LogP contribution in [0.4, 0.5) is 11.4 Å². The molecule has 2 aliphatic rings. The van der Waals surface area contributed by atoms with Crippen LogP contribution < -0.4 is 4.90 Å². The van der Waals surface area contributed by atoms with Crippen molar-refractivity contribution >= 4 is 17.1 Å². The van der Waals surface area contributed by atoms with Gasteiger partial charge in [-0.15, -0.1) is 0 Å². The van der Waals surface area contributed by atoms with E-state index in [0.29, 0.717) is 6.04 Å². The summed E-state index contributed by atoms with van der Waals surface area (Å²) >= 11 is 0. The second kappa shape index (κ2) is 9.38. The number of rotatable bonds is 7. The van der Waals surface area contributed by atoms with Gasteiger partial charge in [0.25, 0.3) is 0 Å². The van der Waals surface area contributed by atoms with Crippen LogP contribution in [0.2, 0.25) is 0 Å². The number of aliphatic hydroxyl groups is 1. The standard InChI is InChI=1S/C31H39N2O/c1-23(2)33-27-18-13-11-16-25(27)31(5,6)29(33)20-9-7-8-19-28-30(3,4)24-15-10-12-17-26(24)32(28)21-14-22-34/h7-13,15-20,23,34H,14,21-22H2,1-6H3/q+1. The number of fused-ring (bicyclic) bond motifs is 2. The third kappa shape index (κ3) is 4.07. The van der Waals surface area contributed by atoms with Gasteiger partial charge >= 0.3 is 0 Å². The summed E-state index contributed by atoms with van der Waals surface area (Å²) in [5.41, 5.74) is 7.81. The zero-order valence-electron chi connectivity index (χ0n) is 21.5. The minimum atomic E-state index is -0.0710. The van der Waals surface area contributed by atoms with Crippen molar-refractivity contribution in [3.63, 3.8) is 0 Å². The summed E-state index contributed by atoms with van der Waals surface area (Å²) in [5.74, 6) is 0. The lowest BCUT2D eigenvalue weighted by Crippen LogP contribution is -2.31. The maximum absolute atomic E-state index is 9.43. The summed E-state index contributed by atoms with van der Waals surface area (Å²) in [6.45, 7) is 14.7. The van der Waals surface area contributed by atoms with E-state index in [1.54, 1.807) is 0 Å². The Labute approximate surface area is 205 Å². The fraction of sp³-hybridized carbons (Fsp3) is 0.387. The molecule has 2 aromatic rings. The molecule has 4 rings (SSSR count). The number of para-hydroxylation sites is 2. The number of hydrogen-bond donors (Lipinski definition) is 1. The largest absolute Gasteiger partial charge is 0.396 e. The minimum Gasteiger partial charge on any atom is -0.396 e. The molecule has 2 aliphatic heterocycles. The normalized spacial score (nSPS) is 19.8. The van der Waals surface area contributed by atoms with E-state index in [9.17, 15) is 5.11 Å². The van der Waals surface area contributed by atoms with Crippen molar-refractivity contribution in [1.82, 2.24) is 0 Å². The van der Waals surface area contributed by atoms with Gasteiger partial charge in [0, 0.05) is 53.6 Å². The van der Waals surface area contributed by atoms with E-state index in [2.05, 4.69) is 130 Å². The zero-order valence-corrected chi connectivity index (χ0v) is 21.5. The number of hydrogen-bond acceptors (Lipinski definition) is 2. The Morgan fingerprint density at radius 2 is 1.56 bits per heavy atom. The Hall–Kier alpha value is -2.91. The van der Waals surface area contributed by atoms with Gasteiger partial charge < -0.3 is 10.0 Å². The van der Waals surface area contributed by atoms with Gasteiger partial charge in [-0.3, -0.25) is 0 Å². The first kappa shape index (κ1) is 24.2. The molecule has 0 atom stereocenters. The summed E-state index contributed by atoms with van der Waals surface area (Å²) in [6.07, 6.45) is 11.7. The van der Waals surface area contributed by atoms with Crippen LogP contribution in [0, 0.1) is 0 Å². The van der Waals surface area contributed by atoms with Gasteiger partial charge in [0.05, 0.1) is 5.41 Å². The molecule has 0 amide bonds. The Bertz CT molecular complexity index is 1180. The van der Waals surface area contributed by atoms with Gasteiger partial charge in [-0.1, -0.05) is 68.5 Å². The zero-order chi connectivity index (χ0) is 24.5. The van der Waals surface area contributed by atoms with Crippen molar-refractivity contribution in [2.75, 3.05) is 18.1 Å². The maximum Gasteiger partial charge on any atom is 0.209 e. The Balaban J connectivity index is 1.63. The summed E-state index contributed by atoms with van der Waals surface area (Å²) in [4.78, 5) is 2.46. The van der Waals surface area contributed by atoms with E-state index >= 15 is 0 Å². The van der Waals surface area contributed by atoms with E-state index in [1.807, 2.05) is 0 Å². The van der Waals surface area contributed by atoms with Gasteiger partial charge in [0.1, 0.15) is 0 Å². The molecule has 0 radical (unpaired) electrons. The topological polar surface area (TPSA) is 26.5 Å². The van der Waals surface area contributed by atoms with Crippen LogP contribution >= 0.6 is 0 Å². The number of anilines is 1. The second-order valence-corrected chi connectivity index (χ2v) is 10.7. The summed E-state index contributed by atoms with van der Waals surface area (Å²) < 4.78 is 2.37. The van der Waals surface area contributed by atoms with Crippen LogP contribution in [0.25, 0.3) is 0 Å². The third-order valence-electron chi connectivity index (χ3n) is 7.32. The molecule has 2 heterocycles. The number of allylic oxidation sites excluding steroid dienone is 6. The first-order valence-electron chi connectivity index (χ1n) is 12.5. The smallest absolute Gasteiger partial charge is 0.209 e. The van der Waals surface area contributed by atoms with Gasteiger partial charge in [-0.25, -0.2) is 0 Å². The molecule has 0 bridgehead atoms. The fourth-order valence-electron chi connectivity index (χ4n) is 5.59. The van der Waals surface area contributed by atoms with Gasteiger partial charge in [0.2, 0.25) is 5.69 Å². The highest BCUT2D eigenvalue weighted by molar-refractivity contribution is 6.03. The highest BCUT2D eigenvalue weighted by Gasteiger charge is 2.44. The molecule has 1 N–H and O–H groups in total. The summed E-state index contributed by atoms with van der Waals surface area (Å²) in [6, 6.07) is 17.8. The van der Waals surface area contributed by atoms with Crippen molar-refractivity contribution in [2.24, 2.45) is 0 Å². The molecule has 3 nitrogen and oxygen atoms in total. The fourth-order valence-corrected chi connectivity index (χ4v) is 5.59. The van der Waals surface area contributed by atoms with Crippen LogP contribution in [0.1, 0.15) is 59.1 Å². The molecule has 0 aromatic heterocycles. The molecule has 0 spiro atoms. The number of aliphatic hydroxyl groups excluding tert-OH is 1. The Morgan fingerprint density at radius 3 is 2.26 bits per heavy atom. The monoisotopic (exact) mass is 455 g/mol. The lowest BCUT2D eigenvalue weighted by Gasteiger charge is -2.30. The molecular weight excluding hydrogens is 416 g/mol. The van der Waals surface area contributed by atoms with Crippen LogP contribution in [0.3, 0.4) is 0 Å². The highest BCUT2D eigenvalue weighted by atomic mass is 16.3. The average Bonchev–Trinajstić information content (AvgIpc) is 3.17. The first-order valence-corrected chi connectivity index (χ1v) is 12.5. The molecule has 0 saturated carbocycles. The quantitative estimate of drug-likeness (QED) is 0.374. The third-order valence-corrected chi connectivity index (χ3v) is 7.32. The Kier molecular flexibility index (Phi) is 6.69. The molecule has 34 heavy (non-hydrogen) atoms. The molecule has 0 saturated heterocycles. The first-order chi connectivity index (χ1) is 16.2. The molecule has 178 valence electrons. The lowest BCUT2D eigenvalue weighted by atomic mass is 9.81. The SMILES string of the molecule is CC(C)N1\C(=C/C=C/C=C/C2=[N+](CCCO)c3ccccc3C2(C)C)C(C)(C)c2ccccc21. The van der Waals surface area contributed by atoms with E-state index in [0.717, 1.165) is 13.0 Å². The molecular formula is C31H39N2O+. The molecule has 0 unspecified atom stereocenters. The number of benzene rings is 2. The summed E-state index contributed by atoms with van der Waals surface area (Å²) in [5, 5.41) is 9.43. The summed E-state index contributed by atoms with van der Waals surface area (Å²) in [7, 11) is 0. The maximum atomic E-state index is 9.43. The van der Waals surface area contributed by atoms with Crippen LogP contribution in [0.15, 0.2) is 84.6 Å². The molecule has 0 aliphatic carbocycles. The minimum absolute atomic E-state index is 0.0279. The van der Waals surface area contributed by atoms with Crippen LogP contribution in [0.5, 0.6) is 0 Å². The Morgan fingerprint density at radius 1 is 0.882 bits per heavy atom. The van der Waals surface area contributed by atoms with Gasteiger partial charge in [-0.2, -0.15) is 4.58 Å². The molecule has 2 aromatic carbocycles. The van der Waals surface area contributed by atoms with Crippen LogP contribution in [-0.4, -0.2) is 34.6 Å². The van der Waals surface area contributed by atoms with Crippen LogP contribution in [-0.2, 0) is 10.8 Å². The van der Waals surface area contributed by atoms with Gasteiger partial charge in [-0.05, 0) is 45.4 Å².